The van der Waals surface area contributed by atoms with Gasteiger partial charge in [0.15, 0.2) is 0 Å². The van der Waals surface area contributed by atoms with E-state index >= 15 is 0 Å². The third-order valence-corrected chi connectivity index (χ3v) is 5.28. The second kappa shape index (κ2) is 7.16. The quantitative estimate of drug-likeness (QED) is 0.730. The summed E-state index contributed by atoms with van der Waals surface area (Å²) in [5, 5.41) is 5.32. The molecule has 25 heavy (non-hydrogen) atoms. The number of likely N-dealkylation sites (tertiary alicyclic amines) is 1. The second-order valence-electron chi connectivity index (χ2n) is 6.07. The van der Waals surface area contributed by atoms with E-state index in [9.17, 15) is 0 Å². The van der Waals surface area contributed by atoms with E-state index in [-0.39, 0.29) is 5.95 Å². The summed E-state index contributed by atoms with van der Waals surface area (Å²) in [5.41, 5.74) is 6.83. The number of hydrogen-bond donors (Lipinski definition) is 2. The Morgan fingerprint density at radius 1 is 1.12 bits per heavy atom. The maximum absolute atomic E-state index is 5.90. The molecule has 0 radical (unpaired) electrons. The van der Waals surface area contributed by atoms with Crippen LogP contribution in [0.3, 0.4) is 0 Å². The summed E-state index contributed by atoms with van der Waals surface area (Å²) < 4.78 is 0. The zero-order chi connectivity index (χ0) is 17.1. The van der Waals surface area contributed by atoms with E-state index < -0.39 is 0 Å². The molecular weight excluding hydrogens is 332 g/mol. The number of aromatic nitrogens is 3. The Bertz CT molecular complexity index is 821. The molecule has 4 rings (SSSR count). The number of anilines is 3. The fourth-order valence-corrected chi connectivity index (χ4v) is 4.11. The minimum atomic E-state index is 0.246. The maximum Gasteiger partial charge on any atom is 0.232 e. The van der Waals surface area contributed by atoms with Gasteiger partial charge >= 0.3 is 0 Å². The van der Waals surface area contributed by atoms with Gasteiger partial charge < -0.3 is 11.1 Å². The van der Waals surface area contributed by atoms with Crippen LogP contribution >= 0.6 is 11.3 Å². The molecule has 1 fully saturated rings. The number of nitrogens with zero attached hydrogens (tertiary/aromatic N) is 4. The lowest BCUT2D eigenvalue weighted by atomic mass is 10.2. The molecule has 2 aromatic heterocycles. The fourth-order valence-electron chi connectivity index (χ4n) is 3.22. The van der Waals surface area contributed by atoms with Crippen LogP contribution in [0.5, 0.6) is 0 Å². The van der Waals surface area contributed by atoms with E-state index in [0.29, 0.717) is 24.4 Å². The molecule has 3 heterocycles. The van der Waals surface area contributed by atoms with Crippen LogP contribution in [-0.4, -0.2) is 26.4 Å². The monoisotopic (exact) mass is 352 g/mol. The lowest BCUT2D eigenvalue weighted by Crippen LogP contribution is -2.24. The normalized spacial score (nSPS) is 17.7. The van der Waals surface area contributed by atoms with Gasteiger partial charge in [-0.3, -0.25) is 4.90 Å². The Morgan fingerprint density at radius 3 is 2.80 bits per heavy atom. The SMILES string of the molecule is Nc1nc(CN2CCCC2c2cccs2)nc(Nc2ccccc2)n1. The topological polar surface area (TPSA) is 80.0 Å². The lowest BCUT2D eigenvalue weighted by molar-refractivity contribution is 0.245. The number of thiophene rings is 1. The van der Waals surface area contributed by atoms with Crippen LogP contribution in [0, 0.1) is 0 Å². The van der Waals surface area contributed by atoms with E-state index in [1.807, 2.05) is 41.7 Å². The molecule has 0 saturated carbocycles. The lowest BCUT2D eigenvalue weighted by Gasteiger charge is -2.22. The Kier molecular flexibility index (Phi) is 4.58. The maximum atomic E-state index is 5.90. The largest absolute Gasteiger partial charge is 0.368 e. The van der Waals surface area contributed by atoms with Crippen molar-refractivity contribution in [1.29, 1.82) is 0 Å². The van der Waals surface area contributed by atoms with E-state index in [1.165, 1.54) is 17.7 Å². The minimum absolute atomic E-state index is 0.246. The van der Waals surface area contributed by atoms with Crippen LogP contribution < -0.4 is 11.1 Å². The second-order valence-corrected chi connectivity index (χ2v) is 7.05. The third-order valence-electron chi connectivity index (χ3n) is 4.31. The summed E-state index contributed by atoms with van der Waals surface area (Å²) in [5.74, 6) is 1.44. The van der Waals surface area contributed by atoms with Gasteiger partial charge in [-0.15, -0.1) is 11.3 Å². The highest BCUT2D eigenvalue weighted by Gasteiger charge is 2.27. The van der Waals surface area contributed by atoms with Gasteiger partial charge in [-0.2, -0.15) is 15.0 Å². The van der Waals surface area contributed by atoms with Crippen LogP contribution in [0.1, 0.15) is 29.6 Å². The molecule has 0 amide bonds. The first-order valence-electron chi connectivity index (χ1n) is 8.38. The number of rotatable bonds is 5. The summed E-state index contributed by atoms with van der Waals surface area (Å²) in [4.78, 5) is 16.9. The molecule has 0 aliphatic carbocycles. The minimum Gasteiger partial charge on any atom is -0.368 e. The number of nitrogen functional groups attached to an aromatic ring is 1. The molecule has 7 heteroatoms. The standard InChI is InChI=1S/C18H20N6S/c19-17-21-16(22-18(23-17)20-13-6-2-1-3-7-13)12-24-10-4-8-14(24)15-9-5-11-25-15/h1-3,5-7,9,11,14H,4,8,10,12H2,(H3,19,20,21,22,23). The summed E-state index contributed by atoms with van der Waals surface area (Å²) in [6.45, 7) is 1.73. The van der Waals surface area contributed by atoms with Crippen molar-refractivity contribution in [3.8, 4) is 0 Å². The van der Waals surface area contributed by atoms with Gasteiger partial charge in [-0.1, -0.05) is 24.3 Å². The van der Waals surface area contributed by atoms with Crippen LogP contribution in [0.4, 0.5) is 17.6 Å². The average molecular weight is 352 g/mol. The molecule has 6 nitrogen and oxygen atoms in total. The van der Waals surface area contributed by atoms with Gasteiger partial charge in [-0.25, -0.2) is 0 Å². The van der Waals surface area contributed by atoms with E-state index in [4.69, 9.17) is 5.73 Å². The predicted molar refractivity (Wildman–Crippen MR) is 101 cm³/mol. The van der Waals surface area contributed by atoms with Crippen LogP contribution in [0.15, 0.2) is 47.8 Å². The third kappa shape index (κ3) is 3.78. The smallest absolute Gasteiger partial charge is 0.232 e. The molecule has 1 saturated heterocycles. The first kappa shape index (κ1) is 16.0. The number of para-hydroxylation sites is 1. The van der Waals surface area contributed by atoms with Gasteiger partial charge in [0.1, 0.15) is 5.82 Å². The zero-order valence-electron chi connectivity index (χ0n) is 13.8. The molecule has 1 aliphatic heterocycles. The molecule has 1 aliphatic rings. The average Bonchev–Trinajstić information content (AvgIpc) is 3.26. The van der Waals surface area contributed by atoms with Gasteiger partial charge in [-0.05, 0) is 43.0 Å². The highest BCUT2D eigenvalue weighted by atomic mass is 32.1. The van der Waals surface area contributed by atoms with Crippen molar-refractivity contribution in [1.82, 2.24) is 19.9 Å². The fraction of sp³-hybridized carbons (Fsp3) is 0.278. The molecule has 3 aromatic rings. The summed E-state index contributed by atoms with van der Waals surface area (Å²) >= 11 is 1.81. The molecular formula is C18H20N6S. The summed E-state index contributed by atoms with van der Waals surface area (Å²) in [6, 6.07) is 14.6. The highest BCUT2D eigenvalue weighted by Crippen LogP contribution is 2.35. The number of nitrogens with two attached hydrogens (primary N) is 1. The van der Waals surface area contributed by atoms with Crippen LogP contribution in [0.2, 0.25) is 0 Å². The molecule has 128 valence electrons. The van der Waals surface area contributed by atoms with Crippen molar-refractivity contribution in [2.24, 2.45) is 0 Å². The molecule has 1 aromatic carbocycles. The van der Waals surface area contributed by atoms with Crippen molar-refractivity contribution in [3.05, 3.63) is 58.5 Å². The predicted octanol–water partition coefficient (Wildman–Crippen LogP) is 3.60. The molecule has 3 N–H and O–H groups in total. The van der Waals surface area contributed by atoms with Gasteiger partial charge in [0, 0.05) is 16.6 Å². The van der Waals surface area contributed by atoms with Crippen LogP contribution in [-0.2, 0) is 6.54 Å². The number of nitrogens with one attached hydrogen (secondary N) is 1. The Hall–Kier alpha value is -2.51. The Labute approximate surface area is 150 Å². The number of hydrogen-bond acceptors (Lipinski definition) is 7. The van der Waals surface area contributed by atoms with Crippen molar-refractivity contribution in [2.75, 3.05) is 17.6 Å². The highest BCUT2D eigenvalue weighted by molar-refractivity contribution is 7.10. The van der Waals surface area contributed by atoms with Crippen molar-refractivity contribution in [3.63, 3.8) is 0 Å². The van der Waals surface area contributed by atoms with Crippen LogP contribution in [0.25, 0.3) is 0 Å². The summed E-state index contributed by atoms with van der Waals surface area (Å²) in [6.07, 6.45) is 2.37. The Balaban J connectivity index is 1.52. The van der Waals surface area contributed by atoms with Crippen molar-refractivity contribution < 1.29 is 0 Å². The van der Waals surface area contributed by atoms with E-state index in [2.05, 4.69) is 42.7 Å². The molecule has 1 atom stereocenters. The van der Waals surface area contributed by atoms with E-state index in [1.54, 1.807) is 0 Å². The summed E-state index contributed by atoms with van der Waals surface area (Å²) in [7, 11) is 0. The first-order chi connectivity index (χ1) is 12.3. The van der Waals surface area contributed by atoms with Gasteiger partial charge in [0.05, 0.1) is 6.54 Å². The molecule has 0 bridgehead atoms. The van der Waals surface area contributed by atoms with E-state index in [0.717, 1.165) is 12.2 Å². The van der Waals surface area contributed by atoms with Gasteiger partial charge in [0.2, 0.25) is 11.9 Å². The van der Waals surface area contributed by atoms with Gasteiger partial charge in [0.25, 0.3) is 0 Å². The zero-order valence-corrected chi connectivity index (χ0v) is 14.6. The Morgan fingerprint density at radius 2 is 2.00 bits per heavy atom. The first-order valence-corrected chi connectivity index (χ1v) is 9.26. The van der Waals surface area contributed by atoms with Crippen molar-refractivity contribution >= 4 is 28.9 Å². The molecule has 0 spiro atoms. The van der Waals surface area contributed by atoms with Crippen molar-refractivity contribution in [2.45, 2.75) is 25.4 Å². The molecule has 1 unspecified atom stereocenters. The number of benzene rings is 1.